The van der Waals surface area contributed by atoms with Gasteiger partial charge in [0.15, 0.2) is 0 Å². The molecule has 0 aliphatic rings. The quantitative estimate of drug-likeness (QED) is 0.764. The topological polar surface area (TPSA) is 96.0 Å². The maximum atomic E-state index is 13.8. The normalized spacial score (nSPS) is 10.5. The number of nitrogens with one attached hydrogen (secondary N) is 3. The van der Waals surface area contributed by atoms with Gasteiger partial charge in [-0.1, -0.05) is 13.8 Å². The fourth-order valence-electron chi connectivity index (χ4n) is 2.19. The number of rotatable bonds is 5. The Morgan fingerprint density at radius 1 is 1.08 bits per heavy atom. The molecule has 7 nitrogen and oxygen atoms in total. The van der Waals surface area contributed by atoms with Crippen molar-refractivity contribution in [3.63, 3.8) is 0 Å². The van der Waals surface area contributed by atoms with E-state index in [0.717, 1.165) is 11.4 Å². The van der Waals surface area contributed by atoms with Crippen LogP contribution in [0.25, 0.3) is 0 Å². The van der Waals surface area contributed by atoms with Crippen LogP contribution in [-0.4, -0.2) is 21.9 Å². The Kier molecular flexibility index (Phi) is 6.21. The summed E-state index contributed by atoms with van der Waals surface area (Å²) >= 11 is 0. The maximum absolute atomic E-state index is 13.8. The predicted molar refractivity (Wildman–Crippen MR) is 97.2 cm³/mol. The molecule has 3 N–H and O–H groups in total. The average molecular weight is 359 g/mol. The van der Waals surface area contributed by atoms with Crippen LogP contribution in [0.15, 0.2) is 24.3 Å². The number of amides is 3. The van der Waals surface area contributed by atoms with E-state index in [9.17, 15) is 14.0 Å². The minimum absolute atomic E-state index is 0.0131. The molecule has 0 saturated heterocycles. The zero-order valence-electron chi connectivity index (χ0n) is 15.2. The van der Waals surface area contributed by atoms with Crippen molar-refractivity contribution in [1.29, 1.82) is 0 Å². The second kappa shape index (κ2) is 8.37. The van der Waals surface area contributed by atoms with Gasteiger partial charge in [0, 0.05) is 23.0 Å². The van der Waals surface area contributed by atoms with Gasteiger partial charge in [-0.2, -0.15) is 0 Å². The Labute approximate surface area is 151 Å². The first-order chi connectivity index (χ1) is 12.2. The molecule has 0 spiro atoms. The number of urea groups is 1. The van der Waals surface area contributed by atoms with Gasteiger partial charge in [-0.15, -0.1) is 0 Å². The van der Waals surface area contributed by atoms with Gasteiger partial charge in [-0.25, -0.2) is 19.2 Å². The third-order valence-corrected chi connectivity index (χ3v) is 3.44. The molecule has 1 heterocycles. The molecular weight excluding hydrogens is 337 g/mol. The van der Waals surface area contributed by atoms with E-state index in [0.29, 0.717) is 11.5 Å². The molecule has 0 fully saturated rings. The number of carbonyl (C=O) groups is 2. The molecule has 2 rings (SSSR count). The van der Waals surface area contributed by atoms with Crippen molar-refractivity contribution in [2.45, 2.75) is 34.2 Å². The molecule has 26 heavy (non-hydrogen) atoms. The SMILES string of the molecule is Cc1cc(C)nc(CNC(=O)Nc2ccc(F)c(NC(=O)C(C)C)c2)n1. The molecule has 0 saturated carbocycles. The van der Waals surface area contributed by atoms with Gasteiger partial charge in [0.2, 0.25) is 5.91 Å². The molecule has 0 unspecified atom stereocenters. The number of hydrogen-bond acceptors (Lipinski definition) is 4. The lowest BCUT2D eigenvalue weighted by atomic mass is 10.2. The van der Waals surface area contributed by atoms with Crippen LogP contribution < -0.4 is 16.0 Å². The number of anilines is 2. The van der Waals surface area contributed by atoms with Crippen LogP contribution in [0.4, 0.5) is 20.6 Å². The van der Waals surface area contributed by atoms with Crippen molar-refractivity contribution in [2.75, 3.05) is 10.6 Å². The first kappa shape index (κ1) is 19.3. The van der Waals surface area contributed by atoms with E-state index in [1.807, 2.05) is 19.9 Å². The number of halogens is 1. The summed E-state index contributed by atoms with van der Waals surface area (Å²) in [6, 6.07) is 5.31. The van der Waals surface area contributed by atoms with E-state index in [4.69, 9.17) is 0 Å². The van der Waals surface area contributed by atoms with E-state index in [2.05, 4.69) is 25.9 Å². The fourth-order valence-corrected chi connectivity index (χ4v) is 2.19. The summed E-state index contributed by atoms with van der Waals surface area (Å²) in [6.07, 6.45) is 0. The van der Waals surface area contributed by atoms with Crippen LogP contribution in [0.2, 0.25) is 0 Å². The standard InChI is InChI=1S/C18H22FN5O2/c1-10(2)17(25)24-15-8-13(5-6-14(15)19)23-18(26)20-9-16-21-11(3)7-12(4)22-16/h5-8,10H,9H2,1-4H3,(H,24,25)(H2,20,23,26). The highest BCUT2D eigenvalue weighted by Crippen LogP contribution is 2.20. The summed E-state index contributed by atoms with van der Waals surface area (Å²) in [6.45, 7) is 7.27. The molecular formula is C18H22FN5O2. The maximum Gasteiger partial charge on any atom is 0.319 e. The first-order valence-electron chi connectivity index (χ1n) is 8.21. The molecule has 3 amide bonds. The molecule has 138 valence electrons. The lowest BCUT2D eigenvalue weighted by Crippen LogP contribution is -2.29. The van der Waals surface area contributed by atoms with Gasteiger partial charge in [0.25, 0.3) is 0 Å². The largest absolute Gasteiger partial charge is 0.331 e. The van der Waals surface area contributed by atoms with Crippen molar-refractivity contribution >= 4 is 23.3 Å². The van der Waals surface area contributed by atoms with E-state index in [1.165, 1.54) is 18.2 Å². The van der Waals surface area contributed by atoms with E-state index >= 15 is 0 Å². The molecule has 0 aliphatic heterocycles. The lowest BCUT2D eigenvalue weighted by molar-refractivity contribution is -0.118. The third kappa shape index (κ3) is 5.51. The van der Waals surface area contributed by atoms with Gasteiger partial charge < -0.3 is 16.0 Å². The summed E-state index contributed by atoms with van der Waals surface area (Å²) in [7, 11) is 0. The first-order valence-corrected chi connectivity index (χ1v) is 8.21. The van der Waals surface area contributed by atoms with Crippen molar-refractivity contribution in [3.8, 4) is 0 Å². The van der Waals surface area contributed by atoms with Gasteiger partial charge in [-0.05, 0) is 38.1 Å². The third-order valence-electron chi connectivity index (χ3n) is 3.44. The molecule has 0 radical (unpaired) electrons. The van der Waals surface area contributed by atoms with Gasteiger partial charge >= 0.3 is 6.03 Å². The number of carbonyl (C=O) groups excluding carboxylic acids is 2. The van der Waals surface area contributed by atoms with Crippen LogP contribution >= 0.6 is 0 Å². The summed E-state index contributed by atoms with van der Waals surface area (Å²) in [4.78, 5) is 32.2. The zero-order valence-corrected chi connectivity index (χ0v) is 15.2. The fraction of sp³-hybridized carbons (Fsp3) is 0.333. The van der Waals surface area contributed by atoms with Crippen molar-refractivity contribution < 1.29 is 14.0 Å². The molecule has 8 heteroatoms. The molecule has 0 atom stereocenters. The second-order valence-electron chi connectivity index (χ2n) is 6.21. The Hall–Kier alpha value is -3.03. The number of benzene rings is 1. The molecule has 1 aromatic carbocycles. The Bertz CT molecular complexity index is 803. The Morgan fingerprint density at radius 3 is 2.35 bits per heavy atom. The second-order valence-corrected chi connectivity index (χ2v) is 6.21. The summed E-state index contributed by atoms with van der Waals surface area (Å²) in [5.41, 5.74) is 2.00. The van der Waals surface area contributed by atoms with E-state index < -0.39 is 11.8 Å². The molecule has 0 aliphatic carbocycles. The Morgan fingerprint density at radius 2 is 1.73 bits per heavy atom. The predicted octanol–water partition coefficient (Wildman–Crippen LogP) is 3.15. The smallest absolute Gasteiger partial charge is 0.319 e. The number of aromatic nitrogens is 2. The van der Waals surface area contributed by atoms with Crippen molar-refractivity contribution in [1.82, 2.24) is 15.3 Å². The molecule has 2 aromatic rings. The average Bonchev–Trinajstić information content (AvgIpc) is 2.55. The number of hydrogen-bond donors (Lipinski definition) is 3. The highest BCUT2D eigenvalue weighted by Gasteiger charge is 2.12. The summed E-state index contributed by atoms with van der Waals surface area (Å²) in [5, 5.41) is 7.71. The van der Waals surface area contributed by atoms with Crippen LogP contribution in [-0.2, 0) is 11.3 Å². The monoisotopic (exact) mass is 359 g/mol. The highest BCUT2D eigenvalue weighted by atomic mass is 19.1. The van der Waals surface area contributed by atoms with Crippen LogP contribution in [0.3, 0.4) is 0 Å². The van der Waals surface area contributed by atoms with Crippen molar-refractivity contribution in [2.24, 2.45) is 5.92 Å². The zero-order chi connectivity index (χ0) is 19.3. The van der Waals surface area contributed by atoms with Crippen LogP contribution in [0.1, 0.15) is 31.1 Å². The van der Waals surface area contributed by atoms with Crippen molar-refractivity contribution in [3.05, 3.63) is 47.3 Å². The number of nitrogens with zero attached hydrogens (tertiary/aromatic N) is 2. The Balaban J connectivity index is 1.99. The summed E-state index contributed by atoms with van der Waals surface area (Å²) in [5.74, 6) is -0.667. The molecule has 1 aromatic heterocycles. The van der Waals surface area contributed by atoms with E-state index in [1.54, 1.807) is 13.8 Å². The van der Waals surface area contributed by atoms with Crippen LogP contribution in [0.5, 0.6) is 0 Å². The van der Waals surface area contributed by atoms with Gasteiger partial charge in [0.05, 0.1) is 12.2 Å². The van der Waals surface area contributed by atoms with E-state index in [-0.39, 0.29) is 24.1 Å². The molecule has 0 bridgehead atoms. The number of aryl methyl sites for hydroxylation is 2. The minimum Gasteiger partial charge on any atom is -0.331 e. The minimum atomic E-state index is -0.575. The highest BCUT2D eigenvalue weighted by molar-refractivity contribution is 5.94. The summed E-state index contributed by atoms with van der Waals surface area (Å²) < 4.78 is 13.8. The lowest BCUT2D eigenvalue weighted by Gasteiger charge is -2.12. The van der Waals surface area contributed by atoms with Gasteiger partial charge in [-0.3, -0.25) is 4.79 Å². The van der Waals surface area contributed by atoms with Gasteiger partial charge in [0.1, 0.15) is 11.6 Å². The van der Waals surface area contributed by atoms with Crippen LogP contribution in [0, 0.1) is 25.6 Å².